The number of nitrogens with zero attached hydrogens (tertiary/aromatic N) is 2. The molecule has 2 aliphatic rings. The molecule has 0 radical (unpaired) electrons. The van der Waals surface area contributed by atoms with Crippen LogP contribution in [0.1, 0.15) is 32.6 Å². The van der Waals surface area contributed by atoms with Crippen molar-refractivity contribution in [3.8, 4) is 0 Å². The van der Waals surface area contributed by atoms with Gasteiger partial charge in [-0.15, -0.1) is 0 Å². The second-order valence-electron chi connectivity index (χ2n) is 6.43. The molecule has 0 N–H and O–H groups in total. The van der Waals surface area contributed by atoms with Crippen molar-refractivity contribution in [3.63, 3.8) is 0 Å². The van der Waals surface area contributed by atoms with E-state index in [2.05, 4.69) is 16.7 Å². The molecule has 2 fully saturated rings. The highest BCUT2D eigenvalue weighted by Crippen LogP contribution is 2.19. The Balaban J connectivity index is 1.70. The molecule has 2 aliphatic heterocycles. The molecule has 0 amide bonds. The van der Waals surface area contributed by atoms with Gasteiger partial charge in [0.2, 0.25) is 0 Å². The molecule has 20 heavy (non-hydrogen) atoms. The smallest absolute Gasteiger partial charge is 0.0674 e. The topological polar surface area (TPSA) is 24.9 Å². The van der Waals surface area contributed by atoms with Crippen molar-refractivity contribution in [2.45, 2.75) is 38.7 Å². The molecule has 2 heterocycles. The minimum Gasteiger partial charge on any atom is -0.385 e. The average Bonchev–Trinajstić information content (AvgIpc) is 2.68. The molecule has 4 heteroatoms. The molecular weight excluding hydrogens is 252 g/mol. The Bertz CT molecular complexity index is 263. The quantitative estimate of drug-likeness (QED) is 0.743. The molecule has 2 unspecified atom stereocenters. The Morgan fingerprint density at radius 1 is 1.10 bits per heavy atom. The first kappa shape index (κ1) is 16.2. The minimum atomic E-state index is 0.405. The summed E-state index contributed by atoms with van der Waals surface area (Å²) >= 11 is 0. The summed E-state index contributed by atoms with van der Waals surface area (Å²) in [5.41, 5.74) is 0. The standard InChI is InChI=1S/C16H32N2O2/c1-15-13-18(10-12-20-15)9-8-17-7-4-3-5-16(14-17)6-11-19-2/h15-16H,3-14H2,1-2H3. The minimum absolute atomic E-state index is 0.405. The van der Waals surface area contributed by atoms with Crippen molar-refractivity contribution in [2.24, 2.45) is 5.92 Å². The van der Waals surface area contributed by atoms with Crippen molar-refractivity contribution < 1.29 is 9.47 Å². The fraction of sp³-hybridized carbons (Fsp3) is 1.00. The van der Waals surface area contributed by atoms with Gasteiger partial charge in [-0.25, -0.2) is 0 Å². The normalized spacial score (nSPS) is 30.3. The van der Waals surface area contributed by atoms with Crippen LogP contribution in [0.25, 0.3) is 0 Å². The molecule has 0 saturated carbocycles. The monoisotopic (exact) mass is 284 g/mol. The van der Waals surface area contributed by atoms with Crippen LogP contribution in [0.3, 0.4) is 0 Å². The molecule has 0 aromatic heterocycles. The number of methoxy groups -OCH3 is 1. The van der Waals surface area contributed by atoms with Crippen molar-refractivity contribution in [2.75, 3.05) is 59.6 Å². The van der Waals surface area contributed by atoms with Crippen LogP contribution in [0.15, 0.2) is 0 Å². The molecule has 2 rings (SSSR count). The lowest BCUT2D eigenvalue weighted by atomic mass is 10.0. The molecular formula is C16H32N2O2. The third-order valence-electron chi connectivity index (χ3n) is 4.64. The fourth-order valence-electron chi connectivity index (χ4n) is 3.42. The second kappa shape index (κ2) is 8.98. The van der Waals surface area contributed by atoms with Gasteiger partial charge in [0, 0.05) is 46.4 Å². The lowest BCUT2D eigenvalue weighted by molar-refractivity contribution is -0.0208. The average molecular weight is 284 g/mol. The highest BCUT2D eigenvalue weighted by atomic mass is 16.5. The number of rotatable bonds is 6. The third-order valence-corrected chi connectivity index (χ3v) is 4.64. The van der Waals surface area contributed by atoms with Gasteiger partial charge in [0.05, 0.1) is 12.7 Å². The summed E-state index contributed by atoms with van der Waals surface area (Å²) in [5, 5.41) is 0. The van der Waals surface area contributed by atoms with E-state index >= 15 is 0 Å². The van der Waals surface area contributed by atoms with Crippen LogP contribution in [0.2, 0.25) is 0 Å². The van der Waals surface area contributed by atoms with Gasteiger partial charge in [-0.05, 0) is 38.6 Å². The number of ether oxygens (including phenoxy) is 2. The second-order valence-corrected chi connectivity index (χ2v) is 6.43. The predicted octanol–water partition coefficient (Wildman–Crippen LogP) is 1.85. The molecule has 2 atom stereocenters. The van der Waals surface area contributed by atoms with Gasteiger partial charge in [0.25, 0.3) is 0 Å². The van der Waals surface area contributed by atoms with Gasteiger partial charge in [0.15, 0.2) is 0 Å². The summed E-state index contributed by atoms with van der Waals surface area (Å²) < 4.78 is 10.9. The van der Waals surface area contributed by atoms with Crippen LogP contribution >= 0.6 is 0 Å². The number of likely N-dealkylation sites (tertiary alicyclic amines) is 1. The summed E-state index contributed by atoms with van der Waals surface area (Å²) in [7, 11) is 1.81. The molecule has 0 bridgehead atoms. The summed E-state index contributed by atoms with van der Waals surface area (Å²) in [6, 6.07) is 0. The molecule has 0 spiro atoms. The summed E-state index contributed by atoms with van der Waals surface area (Å²) in [4.78, 5) is 5.23. The third kappa shape index (κ3) is 5.68. The van der Waals surface area contributed by atoms with Gasteiger partial charge < -0.3 is 14.4 Å². The SMILES string of the molecule is COCCC1CCCCN(CCN2CCOC(C)C2)C1. The van der Waals surface area contributed by atoms with E-state index in [0.29, 0.717) is 6.10 Å². The van der Waals surface area contributed by atoms with Gasteiger partial charge in [0.1, 0.15) is 0 Å². The number of hydrogen-bond donors (Lipinski definition) is 0. The zero-order chi connectivity index (χ0) is 14.2. The van der Waals surface area contributed by atoms with E-state index in [1.54, 1.807) is 0 Å². The molecule has 118 valence electrons. The fourth-order valence-corrected chi connectivity index (χ4v) is 3.42. The Morgan fingerprint density at radius 2 is 1.90 bits per heavy atom. The number of morpholine rings is 1. The molecule has 0 aliphatic carbocycles. The Hall–Kier alpha value is -0.160. The van der Waals surface area contributed by atoms with E-state index in [-0.39, 0.29) is 0 Å². The molecule has 0 aromatic rings. The van der Waals surface area contributed by atoms with Gasteiger partial charge in [-0.1, -0.05) is 6.42 Å². The van der Waals surface area contributed by atoms with E-state index < -0.39 is 0 Å². The van der Waals surface area contributed by atoms with Crippen LogP contribution in [0.4, 0.5) is 0 Å². The predicted molar refractivity (Wildman–Crippen MR) is 82.1 cm³/mol. The lowest BCUT2D eigenvalue weighted by Gasteiger charge is -2.33. The summed E-state index contributed by atoms with van der Waals surface area (Å²) in [5.74, 6) is 0.834. The molecule has 4 nitrogen and oxygen atoms in total. The van der Waals surface area contributed by atoms with Crippen molar-refractivity contribution in [1.82, 2.24) is 9.80 Å². The zero-order valence-electron chi connectivity index (χ0n) is 13.4. The van der Waals surface area contributed by atoms with E-state index in [1.165, 1.54) is 51.9 Å². The zero-order valence-corrected chi connectivity index (χ0v) is 13.4. The first-order valence-electron chi connectivity index (χ1n) is 8.33. The molecule has 0 aromatic carbocycles. The summed E-state index contributed by atoms with van der Waals surface area (Å²) in [6.45, 7) is 11.2. The van der Waals surface area contributed by atoms with Gasteiger partial charge in [-0.2, -0.15) is 0 Å². The van der Waals surface area contributed by atoms with Crippen LogP contribution in [-0.2, 0) is 9.47 Å². The molecule has 2 saturated heterocycles. The van der Waals surface area contributed by atoms with Crippen LogP contribution in [0.5, 0.6) is 0 Å². The van der Waals surface area contributed by atoms with E-state index in [1.807, 2.05) is 7.11 Å². The van der Waals surface area contributed by atoms with Crippen LogP contribution in [-0.4, -0.2) is 75.5 Å². The largest absolute Gasteiger partial charge is 0.385 e. The van der Waals surface area contributed by atoms with Crippen LogP contribution in [0, 0.1) is 5.92 Å². The lowest BCUT2D eigenvalue weighted by Crippen LogP contribution is -2.45. The number of hydrogen-bond acceptors (Lipinski definition) is 4. The van der Waals surface area contributed by atoms with Crippen molar-refractivity contribution in [1.29, 1.82) is 0 Å². The highest BCUT2D eigenvalue weighted by Gasteiger charge is 2.20. The van der Waals surface area contributed by atoms with Gasteiger partial charge in [-0.3, -0.25) is 4.90 Å². The summed E-state index contributed by atoms with van der Waals surface area (Å²) in [6.07, 6.45) is 5.76. The van der Waals surface area contributed by atoms with E-state index in [0.717, 1.165) is 32.2 Å². The van der Waals surface area contributed by atoms with E-state index in [9.17, 15) is 0 Å². The Morgan fingerprint density at radius 3 is 2.65 bits per heavy atom. The highest BCUT2D eigenvalue weighted by molar-refractivity contribution is 4.74. The maximum Gasteiger partial charge on any atom is 0.0674 e. The maximum atomic E-state index is 5.61. The first-order chi connectivity index (χ1) is 9.78. The Labute approximate surface area is 124 Å². The van der Waals surface area contributed by atoms with Gasteiger partial charge >= 0.3 is 0 Å². The Kier molecular flexibility index (Phi) is 7.28. The maximum absolute atomic E-state index is 5.61. The first-order valence-corrected chi connectivity index (χ1v) is 8.33. The van der Waals surface area contributed by atoms with Crippen LogP contribution < -0.4 is 0 Å². The van der Waals surface area contributed by atoms with E-state index in [4.69, 9.17) is 9.47 Å². The van der Waals surface area contributed by atoms with Crippen molar-refractivity contribution in [3.05, 3.63) is 0 Å². The van der Waals surface area contributed by atoms with Crippen molar-refractivity contribution >= 4 is 0 Å².